The summed E-state index contributed by atoms with van der Waals surface area (Å²) in [6, 6.07) is 21.8. The summed E-state index contributed by atoms with van der Waals surface area (Å²) in [5.74, 6) is 1.02. The molecule has 0 fully saturated rings. The summed E-state index contributed by atoms with van der Waals surface area (Å²) in [7, 11) is 1.26. The smallest absolute Gasteiger partial charge is 0.318 e. The van der Waals surface area contributed by atoms with Gasteiger partial charge in [0.2, 0.25) is 0 Å². The number of nitrogens with zero attached hydrogens (tertiary/aromatic N) is 2. The maximum atomic E-state index is 14.8. The quantitative estimate of drug-likeness (QED) is 0.100. The lowest BCUT2D eigenvalue weighted by atomic mass is 10.1. The largest absolute Gasteiger partial charge is 0.497 e. The molecule has 2 unspecified atom stereocenters. The van der Waals surface area contributed by atoms with Crippen LogP contribution in [-0.2, 0) is 9.84 Å². The van der Waals surface area contributed by atoms with E-state index in [1.165, 1.54) is 77.0 Å². The normalized spacial score (nSPS) is 12.9. The highest BCUT2D eigenvalue weighted by Gasteiger charge is 2.34. The molecule has 0 saturated heterocycles. The highest BCUT2D eigenvalue weighted by atomic mass is 32.2. The van der Waals surface area contributed by atoms with E-state index in [1.54, 1.807) is 60.7 Å². The van der Waals surface area contributed by atoms with Gasteiger partial charge in [0.25, 0.3) is 0 Å². The average Bonchev–Trinajstić information content (AvgIpc) is 3.08. The number of hydrogen-bond donors (Lipinski definition) is 0. The van der Waals surface area contributed by atoms with E-state index >= 15 is 0 Å². The molecule has 244 valence electrons. The zero-order chi connectivity index (χ0) is 34.1. The first-order chi connectivity index (χ1) is 22.5. The van der Waals surface area contributed by atoms with Crippen molar-refractivity contribution in [2.75, 3.05) is 28.4 Å². The molecular formula is C34H32N2O10S. The van der Waals surface area contributed by atoms with Gasteiger partial charge in [-0.1, -0.05) is 60.7 Å². The van der Waals surface area contributed by atoms with Crippen molar-refractivity contribution in [2.24, 2.45) is 0 Å². The van der Waals surface area contributed by atoms with Crippen molar-refractivity contribution in [2.45, 2.75) is 10.5 Å². The van der Waals surface area contributed by atoms with Crippen LogP contribution in [0, 0.1) is 20.2 Å². The van der Waals surface area contributed by atoms with Gasteiger partial charge in [0, 0.05) is 0 Å². The van der Waals surface area contributed by atoms with Gasteiger partial charge in [0.1, 0.15) is 22.0 Å². The lowest BCUT2D eigenvalue weighted by Crippen LogP contribution is -2.19. The van der Waals surface area contributed by atoms with Gasteiger partial charge in [0.05, 0.1) is 49.4 Å². The van der Waals surface area contributed by atoms with Crippen LogP contribution in [0.4, 0.5) is 11.4 Å². The maximum Gasteiger partial charge on any atom is 0.318 e. The minimum absolute atomic E-state index is 0.0138. The Morgan fingerprint density at radius 2 is 0.936 bits per heavy atom. The molecular weight excluding hydrogens is 628 g/mol. The van der Waals surface area contributed by atoms with E-state index in [-0.39, 0.29) is 34.0 Å². The highest BCUT2D eigenvalue weighted by molar-refractivity contribution is 7.92. The molecule has 4 aromatic carbocycles. The van der Waals surface area contributed by atoms with E-state index in [1.807, 2.05) is 0 Å². The van der Waals surface area contributed by atoms with Gasteiger partial charge in [-0.2, -0.15) is 0 Å². The van der Waals surface area contributed by atoms with Crippen molar-refractivity contribution in [1.82, 2.24) is 0 Å². The summed E-state index contributed by atoms with van der Waals surface area (Å²) in [6.07, 6.45) is 5.48. The number of ether oxygens (including phenoxy) is 4. The number of sulfone groups is 1. The van der Waals surface area contributed by atoms with Crippen LogP contribution in [0.15, 0.2) is 97.1 Å². The molecule has 0 aliphatic rings. The third-order valence-corrected chi connectivity index (χ3v) is 9.64. The van der Waals surface area contributed by atoms with E-state index in [0.717, 1.165) is 0 Å². The second kappa shape index (κ2) is 15.1. The van der Waals surface area contributed by atoms with Crippen LogP contribution >= 0.6 is 0 Å². The SMILES string of the molecule is COc1ccc(C(/C=C/c2cccc(OC)c2[N+](=O)[O-])S(=O)(=O)C(/C=C/c2cccc(OC)c2[N+](=O)[O-])c2ccc(OC)cc2)cc1. The molecule has 0 N–H and O–H groups in total. The molecule has 0 radical (unpaired) electrons. The van der Waals surface area contributed by atoms with Crippen LogP contribution in [-0.4, -0.2) is 46.7 Å². The minimum Gasteiger partial charge on any atom is -0.497 e. The Labute approximate surface area is 271 Å². The van der Waals surface area contributed by atoms with Gasteiger partial charge in [-0.05, 0) is 59.7 Å². The second-order valence-electron chi connectivity index (χ2n) is 10.0. The Morgan fingerprint density at radius 1 is 0.574 bits per heavy atom. The lowest BCUT2D eigenvalue weighted by molar-refractivity contribution is -0.386. The van der Waals surface area contributed by atoms with Crippen molar-refractivity contribution >= 4 is 33.4 Å². The Balaban J connectivity index is 1.94. The molecule has 0 spiro atoms. The van der Waals surface area contributed by atoms with Crippen LogP contribution < -0.4 is 18.9 Å². The van der Waals surface area contributed by atoms with Crippen molar-refractivity contribution in [3.63, 3.8) is 0 Å². The first kappa shape index (κ1) is 34.2. The Kier molecular flexibility index (Phi) is 11.0. The minimum atomic E-state index is -4.30. The fourth-order valence-electron chi connectivity index (χ4n) is 5.02. The number of rotatable bonds is 14. The summed E-state index contributed by atoms with van der Waals surface area (Å²) in [5.41, 5.74) is 0.320. The Morgan fingerprint density at radius 3 is 1.23 bits per heavy atom. The van der Waals surface area contributed by atoms with E-state index in [4.69, 9.17) is 18.9 Å². The molecule has 4 aromatic rings. The molecule has 13 heteroatoms. The van der Waals surface area contributed by atoms with Crippen molar-refractivity contribution in [3.8, 4) is 23.0 Å². The second-order valence-corrected chi connectivity index (χ2v) is 12.2. The molecule has 0 aliphatic heterocycles. The van der Waals surface area contributed by atoms with Gasteiger partial charge >= 0.3 is 11.4 Å². The molecule has 0 bridgehead atoms. The zero-order valence-corrected chi connectivity index (χ0v) is 26.7. The van der Waals surface area contributed by atoms with Crippen LogP contribution in [0.5, 0.6) is 23.0 Å². The Hall–Kier alpha value is -5.69. The number of hydrogen-bond acceptors (Lipinski definition) is 10. The van der Waals surface area contributed by atoms with Crippen LogP contribution in [0.25, 0.3) is 12.2 Å². The van der Waals surface area contributed by atoms with Gasteiger partial charge in [-0.3, -0.25) is 20.2 Å². The highest BCUT2D eigenvalue weighted by Crippen LogP contribution is 2.40. The van der Waals surface area contributed by atoms with Gasteiger partial charge in [-0.15, -0.1) is 0 Å². The number of nitro groups is 2. The van der Waals surface area contributed by atoms with Crippen LogP contribution in [0.2, 0.25) is 0 Å². The monoisotopic (exact) mass is 660 g/mol. The predicted octanol–water partition coefficient (Wildman–Crippen LogP) is 7.16. The van der Waals surface area contributed by atoms with Crippen molar-refractivity contribution in [3.05, 3.63) is 140 Å². The molecule has 4 rings (SSSR count). The number of methoxy groups -OCH3 is 4. The molecule has 47 heavy (non-hydrogen) atoms. The number of para-hydroxylation sites is 2. The van der Waals surface area contributed by atoms with E-state index in [0.29, 0.717) is 22.6 Å². The molecule has 0 aliphatic carbocycles. The molecule has 0 aromatic heterocycles. The number of nitro benzene ring substituents is 2. The van der Waals surface area contributed by atoms with E-state index in [2.05, 4.69) is 0 Å². The fourth-order valence-corrected chi connectivity index (χ4v) is 7.00. The number of benzene rings is 4. The summed E-state index contributed by atoms with van der Waals surface area (Å²) >= 11 is 0. The van der Waals surface area contributed by atoms with Gasteiger partial charge in [-0.25, -0.2) is 8.42 Å². The summed E-state index contributed by atoms with van der Waals surface area (Å²) < 4.78 is 50.5. The van der Waals surface area contributed by atoms with E-state index < -0.39 is 30.2 Å². The molecule has 0 heterocycles. The lowest BCUT2D eigenvalue weighted by Gasteiger charge is -2.22. The standard InChI is InChI=1S/C34H32N2O10S/c1-43-27-17-11-23(12-18-27)31(21-15-25-7-5-9-29(45-3)33(25)35(37)38)47(41,42)32(24-13-19-28(44-2)20-14-24)22-16-26-8-6-10-30(46-4)34(26)36(39)40/h5-22,31-32H,1-4H3/b21-15+,22-16+. The topological polar surface area (TPSA) is 157 Å². The summed E-state index contributed by atoms with van der Waals surface area (Å²) in [4.78, 5) is 22.7. The Bertz CT molecular complexity index is 1770. The summed E-state index contributed by atoms with van der Waals surface area (Å²) in [6.45, 7) is 0. The average molecular weight is 661 g/mol. The predicted molar refractivity (Wildman–Crippen MR) is 178 cm³/mol. The molecule has 0 amide bonds. The first-order valence-electron chi connectivity index (χ1n) is 14.1. The maximum absolute atomic E-state index is 14.8. The third kappa shape index (κ3) is 7.59. The van der Waals surface area contributed by atoms with E-state index in [9.17, 15) is 28.6 Å². The van der Waals surface area contributed by atoms with Crippen LogP contribution in [0.3, 0.4) is 0 Å². The van der Waals surface area contributed by atoms with Crippen LogP contribution in [0.1, 0.15) is 32.8 Å². The third-order valence-electron chi connectivity index (χ3n) is 7.36. The van der Waals surface area contributed by atoms with Gasteiger partial charge < -0.3 is 18.9 Å². The van der Waals surface area contributed by atoms with Gasteiger partial charge in [0.15, 0.2) is 21.3 Å². The molecule has 0 saturated carbocycles. The molecule has 2 atom stereocenters. The fraction of sp³-hybridized carbons (Fsp3) is 0.176. The first-order valence-corrected chi connectivity index (χ1v) is 15.7. The van der Waals surface area contributed by atoms with Crippen molar-refractivity contribution < 1.29 is 37.2 Å². The summed E-state index contributed by atoms with van der Waals surface area (Å²) in [5, 5.41) is 21.2. The van der Waals surface area contributed by atoms with Crippen molar-refractivity contribution in [1.29, 1.82) is 0 Å². The zero-order valence-electron chi connectivity index (χ0n) is 25.9. The molecule has 12 nitrogen and oxygen atoms in total.